The van der Waals surface area contributed by atoms with Crippen LogP contribution >= 0.6 is 0 Å². The fourth-order valence-corrected chi connectivity index (χ4v) is 1.58. The molecule has 0 spiro atoms. The van der Waals surface area contributed by atoms with Crippen LogP contribution in [0.4, 0.5) is 10.5 Å². The Morgan fingerprint density at radius 2 is 2.00 bits per heavy atom. The van der Waals surface area contributed by atoms with Crippen molar-refractivity contribution in [2.75, 3.05) is 11.9 Å². The number of rotatable bonds is 4. The van der Waals surface area contributed by atoms with Crippen LogP contribution in [-0.2, 0) is 6.54 Å². The van der Waals surface area contributed by atoms with Gasteiger partial charge < -0.3 is 16.4 Å². The summed E-state index contributed by atoms with van der Waals surface area (Å²) in [6, 6.07) is 7.41. The number of nitrogens with one attached hydrogen (secondary N) is 2. The van der Waals surface area contributed by atoms with E-state index in [2.05, 4.69) is 17.6 Å². The Labute approximate surface area is 102 Å². The van der Waals surface area contributed by atoms with Crippen LogP contribution in [0.3, 0.4) is 0 Å². The third-order valence-corrected chi connectivity index (χ3v) is 3.23. The molecule has 1 fully saturated rings. The maximum absolute atomic E-state index is 11.6. The van der Waals surface area contributed by atoms with Gasteiger partial charge in [-0.1, -0.05) is 19.1 Å². The van der Waals surface area contributed by atoms with Gasteiger partial charge in [-0.3, -0.25) is 0 Å². The van der Waals surface area contributed by atoms with Crippen molar-refractivity contribution >= 4 is 11.7 Å². The first-order valence-electron chi connectivity index (χ1n) is 5.95. The molecule has 2 rings (SSSR count). The van der Waals surface area contributed by atoms with Crippen molar-refractivity contribution in [1.82, 2.24) is 5.32 Å². The van der Waals surface area contributed by atoms with Gasteiger partial charge in [0.2, 0.25) is 0 Å². The molecule has 92 valence electrons. The third kappa shape index (κ3) is 3.46. The number of carbonyl (C=O) groups is 1. The zero-order chi connectivity index (χ0) is 12.3. The van der Waals surface area contributed by atoms with E-state index in [0.717, 1.165) is 17.8 Å². The van der Waals surface area contributed by atoms with Crippen molar-refractivity contribution in [2.45, 2.75) is 26.3 Å². The van der Waals surface area contributed by atoms with E-state index in [1.165, 1.54) is 12.8 Å². The minimum atomic E-state index is -0.140. The highest BCUT2D eigenvalue weighted by molar-refractivity contribution is 5.89. The zero-order valence-electron chi connectivity index (χ0n) is 10.1. The Hall–Kier alpha value is -1.55. The van der Waals surface area contributed by atoms with Crippen LogP contribution in [0.25, 0.3) is 0 Å². The van der Waals surface area contributed by atoms with Crippen LogP contribution in [0.1, 0.15) is 25.3 Å². The largest absolute Gasteiger partial charge is 0.337 e. The second-order valence-corrected chi connectivity index (χ2v) is 5.02. The van der Waals surface area contributed by atoms with Crippen LogP contribution in [0, 0.1) is 5.41 Å². The highest BCUT2D eigenvalue weighted by atomic mass is 16.2. The molecule has 0 aliphatic heterocycles. The average Bonchev–Trinajstić information content (AvgIpc) is 3.07. The van der Waals surface area contributed by atoms with Crippen LogP contribution < -0.4 is 16.4 Å². The lowest BCUT2D eigenvalue weighted by Gasteiger charge is -2.11. The number of urea groups is 1. The third-order valence-electron chi connectivity index (χ3n) is 3.23. The van der Waals surface area contributed by atoms with Crippen LogP contribution in [0.15, 0.2) is 24.3 Å². The molecule has 0 unspecified atom stereocenters. The van der Waals surface area contributed by atoms with Crippen molar-refractivity contribution < 1.29 is 4.79 Å². The summed E-state index contributed by atoms with van der Waals surface area (Å²) in [6.45, 7) is 3.45. The maximum atomic E-state index is 11.6. The van der Waals surface area contributed by atoms with Gasteiger partial charge in [-0.05, 0) is 36.0 Å². The summed E-state index contributed by atoms with van der Waals surface area (Å²) in [5, 5.41) is 5.69. The molecular formula is C13H19N3O. The molecule has 1 aliphatic carbocycles. The first kappa shape index (κ1) is 11.9. The number of anilines is 1. The molecule has 4 N–H and O–H groups in total. The van der Waals surface area contributed by atoms with Crippen LogP contribution in [0.5, 0.6) is 0 Å². The van der Waals surface area contributed by atoms with E-state index in [9.17, 15) is 4.79 Å². The van der Waals surface area contributed by atoms with E-state index < -0.39 is 0 Å². The number of hydrogen-bond acceptors (Lipinski definition) is 2. The van der Waals surface area contributed by atoms with Gasteiger partial charge in [0.15, 0.2) is 0 Å². The quantitative estimate of drug-likeness (QED) is 0.745. The fourth-order valence-electron chi connectivity index (χ4n) is 1.58. The second-order valence-electron chi connectivity index (χ2n) is 5.02. The SMILES string of the molecule is CC1(CNC(=O)Nc2ccc(CN)cc2)CC1. The summed E-state index contributed by atoms with van der Waals surface area (Å²) < 4.78 is 0. The summed E-state index contributed by atoms with van der Waals surface area (Å²) in [5.74, 6) is 0. The molecule has 0 saturated heterocycles. The molecule has 1 saturated carbocycles. The monoisotopic (exact) mass is 233 g/mol. The number of carbonyl (C=O) groups excluding carboxylic acids is 1. The molecule has 4 heteroatoms. The maximum Gasteiger partial charge on any atom is 0.319 e. The molecule has 0 bridgehead atoms. The van der Waals surface area contributed by atoms with E-state index in [-0.39, 0.29) is 6.03 Å². The molecule has 1 aromatic rings. The lowest BCUT2D eigenvalue weighted by atomic mass is 10.1. The van der Waals surface area contributed by atoms with Gasteiger partial charge in [-0.15, -0.1) is 0 Å². The average molecular weight is 233 g/mol. The van der Waals surface area contributed by atoms with Gasteiger partial charge in [-0.2, -0.15) is 0 Å². The second kappa shape index (κ2) is 4.75. The molecule has 0 atom stereocenters. The molecule has 0 radical (unpaired) electrons. The summed E-state index contributed by atoms with van der Waals surface area (Å²) in [6.07, 6.45) is 2.41. The number of amides is 2. The predicted molar refractivity (Wildman–Crippen MR) is 68.7 cm³/mol. The first-order chi connectivity index (χ1) is 8.11. The highest BCUT2D eigenvalue weighted by Crippen LogP contribution is 2.43. The summed E-state index contributed by atoms with van der Waals surface area (Å²) in [5.41, 5.74) is 7.69. The Morgan fingerprint density at radius 3 is 2.53 bits per heavy atom. The molecule has 0 heterocycles. The van der Waals surface area contributed by atoms with Crippen molar-refractivity contribution in [1.29, 1.82) is 0 Å². The summed E-state index contributed by atoms with van der Waals surface area (Å²) in [4.78, 5) is 11.6. The molecule has 2 amide bonds. The fraction of sp³-hybridized carbons (Fsp3) is 0.462. The molecule has 1 aromatic carbocycles. The lowest BCUT2D eigenvalue weighted by Crippen LogP contribution is -2.32. The normalized spacial score (nSPS) is 16.4. The smallest absolute Gasteiger partial charge is 0.319 e. The minimum Gasteiger partial charge on any atom is -0.337 e. The van der Waals surface area contributed by atoms with Crippen molar-refractivity contribution in [2.24, 2.45) is 11.1 Å². The molecule has 17 heavy (non-hydrogen) atoms. The molecule has 0 aromatic heterocycles. The molecular weight excluding hydrogens is 214 g/mol. The standard InChI is InChI=1S/C13H19N3O/c1-13(6-7-13)9-15-12(17)16-11-4-2-10(8-14)3-5-11/h2-5H,6-9,14H2,1H3,(H2,15,16,17). The Morgan fingerprint density at radius 1 is 1.35 bits per heavy atom. The Kier molecular flexibility index (Phi) is 3.33. The Bertz CT molecular complexity index is 396. The number of nitrogens with two attached hydrogens (primary N) is 1. The molecule has 1 aliphatic rings. The van der Waals surface area contributed by atoms with Crippen molar-refractivity contribution in [3.63, 3.8) is 0 Å². The van der Waals surface area contributed by atoms with Crippen molar-refractivity contribution in [3.05, 3.63) is 29.8 Å². The van der Waals surface area contributed by atoms with Gasteiger partial charge in [-0.25, -0.2) is 4.79 Å². The van der Waals surface area contributed by atoms with E-state index >= 15 is 0 Å². The van der Waals surface area contributed by atoms with E-state index in [4.69, 9.17) is 5.73 Å². The van der Waals surface area contributed by atoms with Crippen LogP contribution in [-0.4, -0.2) is 12.6 Å². The summed E-state index contributed by atoms with van der Waals surface area (Å²) in [7, 11) is 0. The zero-order valence-corrected chi connectivity index (χ0v) is 10.1. The minimum absolute atomic E-state index is 0.140. The van der Waals surface area contributed by atoms with Crippen LogP contribution in [0.2, 0.25) is 0 Å². The van der Waals surface area contributed by atoms with Gasteiger partial charge in [0, 0.05) is 18.8 Å². The van der Waals surface area contributed by atoms with Gasteiger partial charge in [0.05, 0.1) is 0 Å². The van der Waals surface area contributed by atoms with Crippen molar-refractivity contribution in [3.8, 4) is 0 Å². The lowest BCUT2D eigenvalue weighted by molar-refractivity contribution is 0.250. The van der Waals surface area contributed by atoms with E-state index in [0.29, 0.717) is 12.0 Å². The topological polar surface area (TPSA) is 67.2 Å². The highest BCUT2D eigenvalue weighted by Gasteiger charge is 2.37. The number of hydrogen-bond donors (Lipinski definition) is 3. The van der Waals surface area contributed by atoms with Gasteiger partial charge >= 0.3 is 6.03 Å². The number of benzene rings is 1. The Balaban J connectivity index is 1.80. The first-order valence-corrected chi connectivity index (χ1v) is 5.95. The predicted octanol–water partition coefficient (Wildman–Crippen LogP) is 2.07. The van der Waals surface area contributed by atoms with E-state index in [1.807, 2.05) is 24.3 Å². The molecule has 4 nitrogen and oxygen atoms in total. The van der Waals surface area contributed by atoms with Gasteiger partial charge in [0.1, 0.15) is 0 Å². The summed E-state index contributed by atoms with van der Waals surface area (Å²) >= 11 is 0. The van der Waals surface area contributed by atoms with E-state index in [1.54, 1.807) is 0 Å². The van der Waals surface area contributed by atoms with Gasteiger partial charge in [0.25, 0.3) is 0 Å².